The van der Waals surface area contributed by atoms with Crippen molar-refractivity contribution in [2.45, 2.75) is 12.8 Å². The molecule has 1 heterocycles. The minimum atomic E-state index is 0.0136. The summed E-state index contributed by atoms with van der Waals surface area (Å²) in [6.07, 6.45) is 0.992. The summed E-state index contributed by atoms with van der Waals surface area (Å²) in [7, 11) is 0. The predicted molar refractivity (Wildman–Crippen MR) is 62.4 cm³/mol. The number of amides is 1. The van der Waals surface area contributed by atoms with Crippen molar-refractivity contribution in [3.05, 3.63) is 22.4 Å². The standard InChI is InChI=1S/C9H12N2OS2/c10-8(13)1-3-11-9(12)5-7-2-4-14-6-7/h2,4,6H,1,3,5H2,(H2,10,13)(H,11,12). The molecule has 0 saturated heterocycles. The molecule has 0 aliphatic carbocycles. The van der Waals surface area contributed by atoms with Crippen molar-refractivity contribution in [2.24, 2.45) is 5.73 Å². The summed E-state index contributed by atoms with van der Waals surface area (Å²) in [5, 5.41) is 6.67. The molecule has 0 radical (unpaired) electrons. The van der Waals surface area contributed by atoms with E-state index in [9.17, 15) is 4.79 Å². The maximum Gasteiger partial charge on any atom is 0.224 e. The summed E-state index contributed by atoms with van der Waals surface area (Å²) in [6, 6.07) is 1.94. The molecule has 1 amide bonds. The zero-order chi connectivity index (χ0) is 10.4. The number of thiophene rings is 1. The molecule has 1 rings (SSSR count). The second-order valence-corrected chi connectivity index (χ2v) is 4.18. The molecule has 76 valence electrons. The van der Waals surface area contributed by atoms with Crippen LogP contribution in [0.15, 0.2) is 16.8 Å². The van der Waals surface area contributed by atoms with E-state index in [-0.39, 0.29) is 5.91 Å². The number of carbonyl (C=O) groups excluding carboxylic acids is 1. The van der Waals surface area contributed by atoms with Gasteiger partial charge in [-0.3, -0.25) is 4.79 Å². The largest absolute Gasteiger partial charge is 0.393 e. The smallest absolute Gasteiger partial charge is 0.224 e. The zero-order valence-electron chi connectivity index (χ0n) is 7.66. The number of carbonyl (C=O) groups is 1. The minimum Gasteiger partial charge on any atom is -0.393 e. The van der Waals surface area contributed by atoms with Crippen LogP contribution in [-0.2, 0) is 11.2 Å². The van der Waals surface area contributed by atoms with E-state index >= 15 is 0 Å². The third-order valence-corrected chi connectivity index (χ3v) is 2.57. The molecule has 0 spiro atoms. The Morgan fingerprint density at radius 1 is 1.64 bits per heavy atom. The lowest BCUT2D eigenvalue weighted by Gasteiger charge is -2.02. The highest BCUT2D eigenvalue weighted by Gasteiger charge is 2.02. The number of nitrogens with two attached hydrogens (primary N) is 1. The molecule has 0 aliphatic rings. The van der Waals surface area contributed by atoms with E-state index in [0.29, 0.717) is 24.4 Å². The predicted octanol–water partition coefficient (Wildman–Crippen LogP) is 1.08. The van der Waals surface area contributed by atoms with Gasteiger partial charge in [-0.15, -0.1) is 0 Å². The molecule has 0 aromatic carbocycles. The molecule has 14 heavy (non-hydrogen) atoms. The van der Waals surface area contributed by atoms with Crippen LogP contribution in [0.3, 0.4) is 0 Å². The van der Waals surface area contributed by atoms with E-state index in [1.54, 1.807) is 11.3 Å². The summed E-state index contributed by atoms with van der Waals surface area (Å²) >= 11 is 6.28. The van der Waals surface area contributed by atoms with Crippen LogP contribution in [0.1, 0.15) is 12.0 Å². The number of rotatable bonds is 5. The van der Waals surface area contributed by atoms with E-state index in [1.165, 1.54) is 0 Å². The second kappa shape index (κ2) is 5.72. The molecular weight excluding hydrogens is 216 g/mol. The Balaban J connectivity index is 2.20. The van der Waals surface area contributed by atoms with Crippen LogP contribution in [0.2, 0.25) is 0 Å². The number of hydrogen-bond donors (Lipinski definition) is 2. The van der Waals surface area contributed by atoms with Gasteiger partial charge in [0.1, 0.15) is 0 Å². The van der Waals surface area contributed by atoms with Crippen LogP contribution in [0, 0.1) is 0 Å². The molecule has 0 fully saturated rings. The molecule has 5 heteroatoms. The van der Waals surface area contributed by atoms with Gasteiger partial charge in [-0.25, -0.2) is 0 Å². The van der Waals surface area contributed by atoms with Crippen LogP contribution in [0.4, 0.5) is 0 Å². The number of hydrogen-bond acceptors (Lipinski definition) is 3. The van der Waals surface area contributed by atoms with Crippen molar-refractivity contribution < 1.29 is 4.79 Å². The van der Waals surface area contributed by atoms with E-state index in [4.69, 9.17) is 18.0 Å². The maximum absolute atomic E-state index is 11.3. The summed E-state index contributed by atoms with van der Waals surface area (Å²) in [5.41, 5.74) is 6.34. The Bertz CT molecular complexity index is 309. The zero-order valence-corrected chi connectivity index (χ0v) is 9.29. The average Bonchev–Trinajstić information content (AvgIpc) is 2.56. The van der Waals surface area contributed by atoms with Gasteiger partial charge in [-0.1, -0.05) is 12.2 Å². The highest BCUT2D eigenvalue weighted by molar-refractivity contribution is 7.80. The second-order valence-electron chi connectivity index (χ2n) is 2.87. The first-order valence-corrected chi connectivity index (χ1v) is 5.59. The lowest BCUT2D eigenvalue weighted by atomic mass is 10.2. The molecule has 0 saturated carbocycles. The molecule has 0 unspecified atom stereocenters. The first-order valence-electron chi connectivity index (χ1n) is 4.24. The molecule has 1 aromatic heterocycles. The fourth-order valence-electron chi connectivity index (χ4n) is 0.966. The molecule has 0 bridgehead atoms. The van der Waals surface area contributed by atoms with Crippen LogP contribution in [-0.4, -0.2) is 17.4 Å². The van der Waals surface area contributed by atoms with Crippen LogP contribution < -0.4 is 11.1 Å². The van der Waals surface area contributed by atoms with E-state index in [0.717, 1.165) is 5.56 Å². The van der Waals surface area contributed by atoms with Gasteiger partial charge in [-0.05, 0) is 22.4 Å². The van der Waals surface area contributed by atoms with Crippen LogP contribution in [0.5, 0.6) is 0 Å². The van der Waals surface area contributed by atoms with Crippen molar-refractivity contribution >= 4 is 34.5 Å². The van der Waals surface area contributed by atoms with Gasteiger partial charge in [0.15, 0.2) is 0 Å². The van der Waals surface area contributed by atoms with E-state index < -0.39 is 0 Å². The SMILES string of the molecule is NC(=S)CCNC(=O)Cc1ccsc1. The molecule has 0 aliphatic heterocycles. The average molecular weight is 228 g/mol. The third-order valence-electron chi connectivity index (χ3n) is 1.64. The van der Waals surface area contributed by atoms with Crippen molar-refractivity contribution in [1.82, 2.24) is 5.32 Å². The van der Waals surface area contributed by atoms with Gasteiger partial charge in [0.05, 0.1) is 11.4 Å². The number of thiocarbonyl (C=S) groups is 1. The van der Waals surface area contributed by atoms with Crippen molar-refractivity contribution in [1.29, 1.82) is 0 Å². The summed E-state index contributed by atoms with van der Waals surface area (Å²) in [4.78, 5) is 11.7. The minimum absolute atomic E-state index is 0.0136. The van der Waals surface area contributed by atoms with E-state index in [2.05, 4.69) is 5.32 Å². The fraction of sp³-hybridized carbons (Fsp3) is 0.333. The van der Waals surface area contributed by atoms with Gasteiger partial charge in [0.25, 0.3) is 0 Å². The Morgan fingerprint density at radius 2 is 2.43 bits per heavy atom. The maximum atomic E-state index is 11.3. The van der Waals surface area contributed by atoms with Gasteiger partial charge in [0, 0.05) is 13.0 Å². The topological polar surface area (TPSA) is 55.1 Å². The van der Waals surface area contributed by atoms with Gasteiger partial charge < -0.3 is 11.1 Å². The summed E-state index contributed by atoms with van der Waals surface area (Å²) in [5.74, 6) is 0.0136. The van der Waals surface area contributed by atoms with Crippen LogP contribution in [0.25, 0.3) is 0 Å². The molecule has 0 atom stereocenters. The van der Waals surface area contributed by atoms with Gasteiger partial charge >= 0.3 is 0 Å². The lowest BCUT2D eigenvalue weighted by molar-refractivity contribution is -0.120. The first kappa shape index (κ1) is 11.1. The molecule has 3 nitrogen and oxygen atoms in total. The molecule has 3 N–H and O–H groups in total. The first-order chi connectivity index (χ1) is 6.68. The van der Waals surface area contributed by atoms with Gasteiger partial charge in [-0.2, -0.15) is 11.3 Å². The Kier molecular flexibility index (Phi) is 4.55. The summed E-state index contributed by atoms with van der Waals surface area (Å²) < 4.78 is 0. The highest BCUT2D eigenvalue weighted by atomic mass is 32.1. The van der Waals surface area contributed by atoms with Gasteiger partial charge in [0.2, 0.25) is 5.91 Å². The number of nitrogens with one attached hydrogen (secondary N) is 1. The Morgan fingerprint density at radius 3 is 3.00 bits per heavy atom. The third kappa shape index (κ3) is 4.34. The van der Waals surface area contributed by atoms with Crippen molar-refractivity contribution in [3.8, 4) is 0 Å². The quantitative estimate of drug-likeness (QED) is 0.742. The van der Waals surface area contributed by atoms with Crippen molar-refractivity contribution in [2.75, 3.05) is 6.54 Å². The Hall–Kier alpha value is -0.940. The van der Waals surface area contributed by atoms with Crippen molar-refractivity contribution in [3.63, 3.8) is 0 Å². The summed E-state index contributed by atoms with van der Waals surface area (Å²) in [6.45, 7) is 0.526. The normalized spacial score (nSPS) is 9.71. The lowest BCUT2D eigenvalue weighted by Crippen LogP contribution is -2.28. The van der Waals surface area contributed by atoms with E-state index in [1.807, 2.05) is 16.8 Å². The monoisotopic (exact) mass is 228 g/mol. The Labute approximate surface area is 92.3 Å². The highest BCUT2D eigenvalue weighted by Crippen LogP contribution is 2.05. The van der Waals surface area contributed by atoms with Crippen LogP contribution >= 0.6 is 23.6 Å². The molecular formula is C9H12N2OS2. The fourth-order valence-corrected chi connectivity index (χ4v) is 1.74. The molecule has 1 aromatic rings.